The third kappa shape index (κ3) is 2.83. The maximum atomic E-state index is 9.16. The largest absolute Gasteiger partial charge is 0.392 e. The zero-order valence-electron chi connectivity index (χ0n) is 11.7. The van der Waals surface area contributed by atoms with Crippen LogP contribution in [-0.4, -0.2) is 23.2 Å². The highest BCUT2D eigenvalue weighted by molar-refractivity contribution is 5.41. The van der Waals surface area contributed by atoms with Crippen LogP contribution in [0, 0.1) is 18.8 Å². The van der Waals surface area contributed by atoms with Crippen LogP contribution in [-0.2, 0) is 6.61 Å². The molecule has 1 N–H and O–H groups in total. The summed E-state index contributed by atoms with van der Waals surface area (Å²) >= 11 is 0. The predicted octanol–water partition coefficient (Wildman–Crippen LogP) is 2.75. The minimum atomic E-state index is 0.0779. The van der Waals surface area contributed by atoms with Gasteiger partial charge in [-0.05, 0) is 43.2 Å². The van der Waals surface area contributed by atoms with E-state index in [4.69, 9.17) is 5.11 Å². The van der Waals surface area contributed by atoms with Crippen molar-refractivity contribution in [2.75, 3.05) is 18.0 Å². The van der Waals surface area contributed by atoms with Crippen LogP contribution < -0.4 is 4.90 Å². The van der Waals surface area contributed by atoms with Gasteiger partial charge in [-0.3, -0.25) is 0 Å². The van der Waals surface area contributed by atoms with Gasteiger partial charge < -0.3 is 10.0 Å². The fourth-order valence-corrected chi connectivity index (χ4v) is 2.72. The molecule has 0 atom stereocenters. The molecule has 3 nitrogen and oxygen atoms in total. The van der Waals surface area contributed by atoms with Gasteiger partial charge in [0.05, 0.1) is 6.61 Å². The fourth-order valence-electron chi connectivity index (χ4n) is 2.72. The number of hydrogen-bond acceptors (Lipinski definition) is 3. The third-order valence-electron chi connectivity index (χ3n) is 4.16. The zero-order chi connectivity index (χ0) is 13.1. The molecule has 2 heterocycles. The number of hydrogen-bond donors (Lipinski definition) is 1. The molecule has 1 aliphatic rings. The average Bonchev–Trinajstić information content (AvgIpc) is 2.38. The summed E-state index contributed by atoms with van der Waals surface area (Å²) < 4.78 is 0. The van der Waals surface area contributed by atoms with E-state index >= 15 is 0 Å². The van der Waals surface area contributed by atoms with Crippen molar-refractivity contribution in [2.24, 2.45) is 11.8 Å². The number of nitrogens with zero attached hydrogens (tertiary/aromatic N) is 2. The van der Waals surface area contributed by atoms with Crippen molar-refractivity contribution in [1.82, 2.24) is 4.98 Å². The molecular weight excluding hydrogens is 224 g/mol. The van der Waals surface area contributed by atoms with Gasteiger partial charge in [-0.25, -0.2) is 4.98 Å². The second-order valence-corrected chi connectivity index (χ2v) is 5.64. The van der Waals surface area contributed by atoms with Crippen LogP contribution in [0.25, 0.3) is 0 Å². The fraction of sp³-hybridized carbons (Fsp3) is 0.667. The van der Waals surface area contributed by atoms with Crippen LogP contribution in [0.5, 0.6) is 0 Å². The first-order valence-corrected chi connectivity index (χ1v) is 6.94. The van der Waals surface area contributed by atoms with Crippen LogP contribution in [0.4, 0.5) is 5.82 Å². The van der Waals surface area contributed by atoms with Crippen LogP contribution in [0.1, 0.15) is 37.9 Å². The summed E-state index contributed by atoms with van der Waals surface area (Å²) in [7, 11) is 0. The van der Waals surface area contributed by atoms with Crippen molar-refractivity contribution in [3.63, 3.8) is 0 Å². The summed E-state index contributed by atoms with van der Waals surface area (Å²) in [5.41, 5.74) is 1.87. The minimum absolute atomic E-state index is 0.0779. The number of aromatic nitrogens is 1. The summed E-state index contributed by atoms with van der Waals surface area (Å²) in [5.74, 6) is 2.71. The van der Waals surface area contributed by atoms with Crippen molar-refractivity contribution in [3.8, 4) is 0 Å². The molecule has 18 heavy (non-hydrogen) atoms. The molecule has 0 bridgehead atoms. The van der Waals surface area contributed by atoms with Crippen molar-refractivity contribution in [2.45, 2.75) is 40.2 Å². The smallest absolute Gasteiger partial charge is 0.128 e. The van der Waals surface area contributed by atoms with Gasteiger partial charge in [-0.2, -0.15) is 0 Å². The van der Waals surface area contributed by atoms with Crippen molar-refractivity contribution in [3.05, 3.63) is 23.4 Å². The molecule has 1 aromatic heterocycles. The number of aryl methyl sites for hydroxylation is 1. The van der Waals surface area contributed by atoms with Gasteiger partial charge in [0.25, 0.3) is 0 Å². The summed E-state index contributed by atoms with van der Waals surface area (Å²) in [6.45, 7) is 8.89. The number of aliphatic hydroxyl groups is 1. The lowest BCUT2D eigenvalue weighted by atomic mass is 9.87. The molecule has 1 aromatic rings. The normalized spacial score (nSPS) is 17.5. The van der Waals surface area contributed by atoms with Crippen LogP contribution >= 0.6 is 0 Å². The van der Waals surface area contributed by atoms with Gasteiger partial charge >= 0.3 is 0 Å². The van der Waals surface area contributed by atoms with E-state index in [1.165, 1.54) is 12.8 Å². The van der Waals surface area contributed by atoms with Gasteiger partial charge in [-0.15, -0.1) is 0 Å². The van der Waals surface area contributed by atoms with Crippen molar-refractivity contribution < 1.29 is 5.11 Å². The van der Waals surface area contributed by atoms with Gasteiger partial charge in [0.2, 0.25) is 0 Å². The quantitative estimate of drug-likeness (QED) is 0.893. The molecule has 1 fully saturated rings. The second-order valence-electron chi connectivity index (χ2n) is 5.64. The molecule has 100 valence electrons. The van der Waals surface area contributed by atoms with Crippen LogP contribution in [0.3, 0.4) is 0 Å². The Balaban J connectivity index is 2.03. The Hall–Kier alpha value is -1.09. The van der Waals surface area contributed by atoms with E-state index in [1.807, 2.05) is 19.1 Å². The molecule has 0 amide bonds. The molecule has 1 saturated heterocycles. The summed E-state index contributed by atoms with van der Waals surface area (Å²) in [5, 5.41) is 9.16. The summed E-state index contributed by atoms with van der Waals surface area (Å²) in [6, 6.07) is 4.03. The average molecular weight is 248 g/mol. The number of piperidine rings is 1. The molecule has 3 heteroatoms. The minimum Gasteiger partial charge on any atom is -0.392 e. The molecule has 0 spiro atoms. The molecule has 0 unspecified atom stereocenters. The first-order valence-electron chi connectivity index (χ1n) is 6.94. The Labute approximate surface area is 110 Å². The number of anilines is 1. The third-order valence-corrected chi connectivity index (χ3v) is 4.16. The predicted molar refractivity (Wildman–Crippen MR) is 74.7 cm³/mol. The second kappa shape index (κ2) is 5.70. The topological polar surface area (TPSA) is 36.4 Å². The van der Waals surface area contributed by atoms with E-state index in [0.29, 0.717) is 0 Å². The van der Waals surface area contributed by atoms with Gasteiger partial charge in [0.15, 0.2) is 0 Å². The number of rotatable bonds is 3. The highest BCUT2D eigenvalue weighted by Gasteiger charge is 2.22. The first-order chi connectivity index (χ1) is 8.61. The van der Waals surface area contributed by atoms with Crippen molar-refractivity contribution >= 4 is 5.82 Å². The Kier molecular flexibility index (Phi) is 4.23. The number of aliphatic hydroxyl groups excluding tert-OH is 1. The molecule has 0 radical (unpaired) electrons. The van der Waals surface area contributed by atoms with Crippen molar-refractivity contribution in [1.29, 1.82) is 0 Å². The van der Waals surface area contributed by atoms with Gasteiger partial charge in [0.1, 0.15) is 5.82 Å². The van der Waals surface area contributed by atoms with Crippen LogP contribution in [0.15, 0.2) is 12.1 Å². The lowest BCUT2D eigenvalue weighted by Crippen LogP contribution is -2.35. The highest BCUT2D eigenvalue weighted by atomic mass is 16.3. The highest BCUT2D eigenvalue weighted by Crippen LogP contribution is 2.27. The van der Waals surface area contributed by atoms with E-state index in [1.54, 1.807) is 0 Å². The molecular formula is C15H24N2O. The Morgan fingerprint density at radius 3 is 2.50 bits per heavy atom. The first kappa shape index (κ1) is 13.3. The van der Waals surface area contributed by atoms with E-state index in [-0.39, 0.29) is 6.61 Å². The lowest BCUT2D eigenvalue weighted by molar-refractivity contribution is 0.280. The standard InChI is InChI=1S/C15H24N2O/c1-11(2)13-6-8-17(9-7-13)15-5-4-14(10-18)12(3)16-15/h4-5,11,13,18H,6-10H2,1-3H3. The molecule has 0 saturated carbocycles. The molecule has 0 aromatic carbocycles. The molecule has 1 aliphatic heterocycles. The Morgan fingerprint density at radius 1 is 1.33 bits per heavy atom. The van der Waals surface area contributed by atoms with E-state index in [0.717, 1.165) is 42.0 Å². The SMILES string of the molecule is Cc1nc(N2CCC(C(C)C)CC2)ccc1CO. The maximum Gasteiger partial charge on any atom is 0.128 e. The van der Waals surface area contributed by atoms with E-state index < -0.39 is 0 Å². The van der Waals surface area contributed by atoms with E-state index in [9.17, 15) is 0 Å². The van der Waals surface area contributed by atoms with Crippen LogP contribution in [0.2, 0.25) is 0 Å². The maximum absolute atomic E-state index is 9.16. The summed E-state index contributed by atoms with van der Waals surface area (Å²) in [4.78, 5) is 6.97. The molecule has 0 aliphatic carbocycles. The Morgan fingerprint density at radius 2 is 2.00 bits per heavy atom. The molecule has 2 rings (SSSR count). The van der Waals surface area contributed by atoms with Gasteiger partial charge in [0, 0.05) is 18.8 Å². The lowest BCUT2D eigenvalue weighted by Gasteiger charge is -2.34. The number of pyridine rings is 1. The zero-order valence-corrected chi connectivity index (χ0v) is 11.7. The summed E-state index contributed by atoms with van der Waals surface area (Å²) in [6.07, 6.45) is 2.53. The van der Waals surface area contributed by atoms with Gasteiger partial charge in [-0.1, -0.05) is 19.9 Å². The Bertz CT molecular complexity index is 395. The monoisotopic (exact) mass is 248 g/mol. The van der Waals surface area contributed by atoms with E-state index in [2.05, 4.69) is 23.7 Å².